The average molecular weight is 237 g/mol. The van der Waals surface area contributed by atoms with Gasteiger partial charge >= 0.3 is 7.60 Å². The number of hydrogen-bond acceptors (Lipinski definition) is 5. The Balaban J connectivity index is 3.81. The van der Waals surface area contributed by atoms with E-state index in [0.717, 1.165) is 6.29 Å². The normalized spacial score (nSPS) is 12.8. The van der Waals surface area contributed by atoms with Crippen molar-refractivity contribution in [2.45, 2.75) is 13.8 Å². The van der Waals surface area contributed by atoms with Crippen molar-refractivity contribution in [1.82, 2.24) is 5.32 Å². The van der Waals surface area contributed by atoms with Crippen LogP contribution < -0.4 is 5.32 Å². The van der Waals surface area contributed by atoms with Crippen molar-refractivity contribution in [3.8, 4) is 0 Å². The molecule has 6 heteroatoms. The first-order valence-electron chi connectivity index (χ1n) is 4.77. The molecule has 0 fully saturated rings. The number of nitrogens with one attached hydrogen (secondary N) is 1. The van der Waals surface area contributed by atoms with Crippen molar-refractivity contribution in [3.63, 3.8) is 0 Å². The van der Waals surface area contributed by atoms with E-state index < -0.39 is 13.0 Å². The Morgan fingerprint density at radius 1 is 1.33 bits per heavy atom. The second kappa shape index (κ2) is 6.38. The average Bonchev–Trinajstić information content (AvgIpc) is 2.24. The van der Waals surface area contributed by atoms with Crippen LogP contribution in [0, 0.1) is 5.41 Å². The molecule has 0 aliphatic heterocycles. The fraction of sp³-hybridized carbons (Fsp3) is 0.889. The Morgan fingerprint density at radius 3 is 2.27 bits per heavy atom. The predicted molar refractivity (Wildman–Crippen MR) is 59.2 cm³/mol. The van der Waals surface area contributed by atoms with Gasteiger partial charge in [-0.25, -0.2) is 0 Å². The van der Waals surface area contributed by atoms with Crippen molar-refractivity contribution in [2.75, 3.05) is 33.5 Å². The molecule has 0 heterocycles. The second-order valence-electron chi connectivity index (χ2n) is 3.98. The lowest BCUT2D eigenvalue weighted by Crippen LogP contribution is -2.32. The quantitative estimate of drug-likeness (QED) is 0.391. The molecule has 0 rings (SSSR count). The third-order valence-electron chi connectivity index (χ3n) is 2.02. The molecular weight excluding hydrogens is 217 g/mol. The standard InChI is InChI=1S/C9H20NO4P/c1-9(2,8-11)7-10-5-6-15(12,13-3)14-4/h8,10H,5-7H2,1-4H3. The summed E-state index contributed by atoms with van der Waals surface area (Å²) < 4.78 is 21.1. The van der Waals surface area contributed by atoms with Gasteiger partial charge in [-0.2, -0.15) is 0 Å². The minimum Gasteiger partial charge on any atom is -0.315 e. The minimum absolute atomic E-state index is 0.301. The lowest BCUT2D eigenvalue weighted by molar-refractivity contribution is -0.114. The molecule has 0 aliphatic rings. The van der Waals surface area contributed by atoms with E-state index >= 15 is 0 Å². The molecule has 0 saturated heterocycles. The Bertz CT molecular complexity index is 234. The highest BCUT2D eigenvalue weighted by molar-refractivity contribution is 7.53. The summed E-state index contributed by atoms with van der Waals surface area (Å²) in [6.45, 7) is 4.71. The topological polar surface area (TPSA) is 64.6 Å². The van der Waals surface area contributed by atoms with E-state index in [9.17, 15) is 9.36 Å². The number of hydrogen-bond donors (Lipinski definition) is 1. The summed E-state index contributed by atoms with van der Waals surface area (Å²) in [5.41, 5.74) is -0.399. The van der Waals surface area contributed by atoms with Crippen LogP contribution in [-0.4, -0.2) is 39.8 Å². The maximum Gasteiger partial charge on any atom is 0.331 e. The van der Waals surface area contributed by atoms with E-state index in [4.69, 9.17) is 9.05 Å². The van der Waals surface area contributed by atoms with Gasteiger partial charge in [0.2, 0.25) is 0 Å². The number of carbonyl (C=O) groups excluding carboxylic acids is 1. The summed E-state index contributed by atoms with van der Waals surface area (Å²) in [6, 6.07) is 0. The highest BCUT2D eigenvalue weighted by atomic mass is 31.2. The van der Waals surface area contributed by atoms with Crippen LogP contribution in [0.5, 0.6) is 0 Å². The zero-order valence-corrected chi connectivity index (χ0v) is 10.7. The van der Waals surface area contributed by atoms with E-state index in [-0.39, 0.29) is 0 Å². The fourth-order valence-corrected chi connectivity index (χ4v) is 1.87. The maximum absolute atomic E-state index is 11.6. The summed E-state index contributed by atoms with van der Waals surface area (Å²) in [6.07, 6.45) is 1.20. The van der Waals surface area contributed by atoms with E-state index in [1.165, 1.54) is 14.2 Å². The Labute approximate surface area is 91.1 Å². The number of rotatable bonds is 8. The van der Waals surface area contributed by atoms with Crippen LogP contribution in [0.15, 0.2) is 0 Å². The Kier molecular flexibility index (Phi) is 6.29. The smallest absolute Gasteiger partial charge is 0.315 e. The van der Waals surface area contributed by atoms with Crippen molar-refractivity contribution in [2.24, 2.45) is 5.41 Å². The first kappa shape index (κ1) is 14.8. The molecule has 0 atom stereocenters. The van der Waals surface area contributed by atoms with Crippen LogP contribution in [0.1, 0.15) is 13.8 Å². The van der Waals surface area contributed by atoms with Crippen LogP contribution in [-0.2, 0) is 18.4 Å². The van der Waals surface area contributed by atoms with Crippen LogP contribution in [0.4, 0.5) is 0 Å². The molecule has 0 aromatic heterocycles. The van der Waals surface area contributed by atoms with E-state index in [0.29, 0.717) is 19.3 Å². The summed E-state index contributed by atoms with van der Waals surface area (Å²) in [4.78, 5) is 10.6. The summed E-state index contributed by atoms with van der Waals surface area (Å²) in [7, 11) is -0.201. The van der Waals surface area contributed by atoms with Crippen molar-refractivity contribution in [3.05, 3.63) is 0 Å². The molecule has 15 heavy (non-hydrogen) atoms. The highest BCUT2D eigenvalue weighted by Gasteiger charge is 2.21. The van der Waals surface area contributed by atoms with Crippen LogP contribution in [0.25, 0.3) is 0 Å². The molecule has 5 nitrogen and oxygen atoms in total. The van der Waals surface area contributed by atoms with Crippen LogP contribution >= 0.6 is 7.60 Å². The number of carbonyl (C=O) groups is 1. The zero-order chi connectivity index (χ0) is 11.9. The molecule has 0 aliphatic carbocycles. The molecule has 0 amide bonds. The van der Waals surface area contributed by atoms with Crippen molar-refractivity contribution in [1.29, 1.82) is 0 Å². The fourth-order valence-electron chi connectivity index (χ4n) is 0.925. The highest BCUT2D eigenvalue weighted by Crippen LogP contribution is 2.45. The van der Waals surface area contributed by atoms with Gasteiger partial charge in [0.25, 0.3) is 0 Å². The van der Waals surface area contributed by atoms with Gasteiger partial charge in [0.1, 0.15) is 6.29 Å². The van der Waals surface area contributed by atoms with Gasteiger partial charge in [-0.3, -0.25) is 4.57 Å². The molecule has 0 radical (unpaired) electrons. The van der Waals surface area contributed by atoms with Gasteiger partial charge in [-0.05, 0) is 0 Å². The first-order valence-corrected chi connectivity index (χ1v) is 6.49. The second-order valence-corrected chi connectivity index (χ2v) is 6.38. The van der Waals surface area contributed by atoms with Gasteiger partial charge in [0.05, 0.1) is 6.16 Å². The number of aldehydes is 1. The lowest BCUT2D eigenvalue weighted by Gasteiger charge is -2.18. The first-order chi connectivity index (χ1) is 6.89. The lowest BCUT2D eigenvalue weighted by atomic mass is 9.96. The van der Waals surface area contributed by atoms with E-state index in [1.54, 1.807) is 0 Å². The van der Waals surface area contributed by atoms with Crippen molar-refractivity contribution < 1.29 is 18.4 Å². The third-order valence-corrected chi connectivity index (χ3v) is 3.90. The SMILES string of the molecule is COP(=O)(CCNCC(C)(C)C=O)OC. The van der Waals surface area contributed by atoms with Gasteiger partial charge in [-0.1, -0.05) is 13.8 Å². The van der Waals surface area contributed by atoms with Gasteiger partial charge < -0.3 is 19.2 Å². The molecule has 0 aromatic carbocycles. The van der Waals surface area contributed by atoms with Gasteiger partial charge in [-0.15, -0.1) is 0 Å². The van der Waals surface area contributed by atoms with Crippen LogP contribution in [0.3, 0.4) is 0 Å². The Morgan fingerprint density at radius 2 is 1.87 bits per heavy atom. The summed E-state index contributed by atoms with van der Waals surface area (Å²) in [5.74, 6) is 0. The van der Waals surface area contributed by atoms with E-state index in [2.05, 4.69) is 5.32 Å². The predicted octanol–water partition coefficient (Wildman–Crippen LogP) is 1.29. The summed E-state index contributed by atoms with van der Waals surface area (Å²) >= 11 is 0. The third kappa shape index (κ3) is 6.05. The maximum atomic E-state index is 11.6. The van der Waals surface area contributed by atoms with Crippen LogP contribution in [0.2, 0.25) is 0 Å². The van der Waals surface area contributed by atoms with Crippen molar-refractivity contribution >= 4 is 13.9 Å². The summed E-state index contributed by atoms with van der Waals surface area (Å²) in [5, 5.41) is 3.04. The van der Waals surface area contributed by atoms with Gasteiger partial charge in [0, 0.05) is 32.7 Å². The zero-order valence-electron chi connectivity index (χ0n) is 9.78. The molecule has 1 N–H and O–H groups in total. The minimum atomic E-state index is -2.92. The van der Waals surface area contributed by atoms with E-state index in [1.807, 2.05) is 13.8 Å². The Hall–Kier alpha value is -0.220. The van der Waals surface area contributed by atoms with Gasteiger partial charge in [0.15, 0.2) is 0 Å². The molecule has 0 aromatic rings. The molecular formula is C9H20NO4P. The molecule has 90 valence electrons. The monoisotopic (exact) mass is 237 g/mol. The largest absolute Gasteiger partial charge is 0.331 e. The molecule has 0 unspecified atom stereocenters. The molecule has 0 bridgehead atoms. The molecule has 0 spiro atoms. The molecule has 0 saturated carbocycles.